The summed E-state index contributed by atoms with van der Waals surface area (Å²) in [5, 5.41) is 5.08. The number of hydrogen-bond donors (Lipinski definition) is 2. The predicted octanol–water partition coefficient (Wildman–Crippen LogP) is 6.69. The van der Waals surface area contributed by atoms with Crippen LogP contribution in [0, 0.1) is 0 Å². The van der Waals surface area contributed by atoms with Crippen molar-refractivity contribution in [2.75, 3.05) is 5.32 Å². The lowest BCUT2D eigenvalue weighted by Crippen LogP contribution is -2.32. The minimum Gasteiger partial charge on any atom is -0.449 e. The largest absolute Gasteiger partial charge is 0.449 e. The van der Waals surface area contributed by atoms with Gasteiger partial charge in [0, 0.05) is 21.0 Å². The number of thiazole rings is 1. The van der Waals surface area contributed by atoms with E-state index >= 15 is 0 Å². The molecule has 0 aliphatic carbocycles. The Labute approximate surface area is 219 Å². The Balaban J connectivity index is 1.26. The fourth-order valence-corrected chi connectivity index (χ4v) is 4.65. The molecule has 0 fully saturated rings. The quantitative estimate of drug-likeness (QED) is 0.216. The number of imidazole rings is 1. The number of anilines is 1. The topological polar surface area (TPSA) is 97.0 Å². The van der Waals surface area contributed by atoms with Gasteiger partial charge in [-0.3, -0.25) is 10.1 Å². The molecule has 0 saturated carbocycles. The van der Waals surface area contributed by atoms with Gasteiger partial charge in [0.25, 0.3) is 5.91 Å². The smallest absolute Gasteiger partial charge is 0.338 e. The number of H-pyrrole nitrogens is 1. The van der Waals surface area contributed by atoms with Gasteiger partial charge in [-0.05, 0) is 36.8 Å². The predicted molar refractivity (Wildman–Crippen MR) is 145 cm³/mol. The Morgan fingerprint density at radius 1 is 1.03 bits per heavy atom. The van der Waals surface area contributed by atoms with Gasteiger partial charge < -0.3 is 9.72 Å². The summed E-state index contributed by atoms with van der Waals surface area (Å²) in [6, 6.07) is 22.6. The summed E-state index contributed by atoms with van der Waals surface area (Å²) in [4.78, 5) is 38.0. The van der Waals surface area contributed by atoms with Gasteiger partial charge in [0.2, 0.25) is 0 Å². The van der Waals surface area contributed by atoms with E-state index in [9.17, 15) is 9.59 Å². The molecule has 0 radical (unpaired) electrons. The van der Waals surface area contributed by atoms with Crippen LogP contribution < -0.4 is 5.32 Å². The van der Waals surface area contributed by atoms with Crippen molar-refractivity contribution < 1.29 is 14.3 Å². The standard InChI is InChI=1S/C27H21BrN4O3S/c1-2-23(25(33)32-27-31-22(15-36-27)16-8-11-19(28)12-9-16)35-26(34)18-10-13-20-21(14-18)30-24(29-20)17-6-4-3-5-7-17/h3-15,23H,2H2,1H3,(H,29,30)(H,31,32,33). The van der Waals surface area contributed by atoms with E-state index in [1.807, 2.05) is 60.0 Å². The molecule has 9 heteroatoms. The van der Waals surface area contributed by atoms with Crippen molar-refractivity contribution in [1.29, 1.82) is 0 Å². The van der Waals surface area contributed by atoms with Crippen LogP contribution in [0.5, 0.6) is 0 Å². The highest BCUT2D eigenvalue weighted by Crippen LogP contribution is 2.27. The minimum absolute atomic E-state index is 0.326. The van der Waals surface area contributed by atoms with Crippen LogP contribution in [0.1, 0.15) is 23.7 Å². The fraction of sp³-hybridized carbons (Fsp3) is 0.111. The zero-order valence-electron chi connectivity index (χ0n) is 19.2. The lowest BCUT2D eigenvalue weighted by atomic mass is 10.2. The molecule has 2 aromatic heterocycles. The molecule has 180 valence electrons. The average molecular weight is 561 g/mol. The van der Waals surface area contributed by atoms with Crippen molar-refractivity contribution in [3.8, 4) is 22.6 Å². The van der Waals surface area contributed by atoms with Gasteiger partial charge in [0.15, 0.2) is 11.2 Å². The highest BCUT2D eigenvalue weighted by atomic mass is 79.9. The number of hydrogen-bond acceptors (Lipinski definition) is 6. The number of nitrogens with one attached hydrogen (secondary N) is 2. The van der Waals surface area contributed by atoms with Crippen molar-refractivity contribution in [3.63, 3.8) is 0 Å². The lowest BCUT2D eigenvalue weighted by molar-refractivity contribution is -0.124. The van der Waals surface area contributed by atoms with Gasteiger partial charge in [0.05, 0.1) is 22.3 Å². The molecular weight excluding hydrogens is 540 g/mol. The van der Waals surface area contributed by atoms with E-state index in [-0.39, 0.29) is 0 Å². The highest BCUT2D eigenvalue weighted by molar-refractivity contribution is 9.10. The number of aromatic amines is 1. The minimum atomic E-state index is -0.949. The van der Waals surface area contributed by atoms with Gasteiger partial charge in [-0.1, -0.05) is 65.3 Å². The summed E-state index contributed by atoms with van der Waals surface area (Å²) in [6.07, 6.45) is -0.623. The van der Waals surface area contributed by atoms with Gasteiger partial charge >= 0.3 is 5.97 Å². The SMILES string of the molecule is CCC(OC(=O)c1ccc2nc(-c3ccccc3)[nH]c2c1)C(=O)Nc1nc(-c2ccc(Br)cc2)cs1. The zero-order valence-corrected chi connectivity index (χ0v) is 21.6. The maximum Gasteiger partial charge on any atom is 0.338 e. The van der Waals surface area contributed by atoms with Crippen LogP contribution in [-0.4, -0.2) is 32.9 Å². The molecule has 0 bridgehead atoms. The number of esters is 1. The van der Waals surface area contributed by atoms with Crippen LogP contribution in [0.15, 0.2) is 82.6 Å². The number of carbonyl (C=O) groups excluding carboxylic acids is 2. The molecule has 0 spiro atoms. The van der Waals surface area contributed by atoms with Crippen molar-refractivity contribution in [1.82, 2.24) is 15.0 Å². The molecule has 5 rings (SSSR count). The molecule has 7 nitrogen and oxygen atoms in total. The molecule has 0 aliphatic heterocycles. The number of aromatic nitrogens is 3. The van der Waals surface area contributed by atoms with E-state index in [2.05, 4.69) is 36.2 Å². The number of fused-ring (bicyclic) bond motifs is 1. The molecule has 0 aliphatic rings. The first-order chi connectivity index (χ1) is 17.5. The second-order valence-corrected chi connectivity index (χ2v) is 9.79. The Kier molecular flexibility index (Phi) is 6.92. The van der Waals surface area contributed by atoms with Crippen LogP contribution in [0.25, 0.3) is 33.7 Å². The normalized spacial score (nSPS) is 11.8. The van der Waals surface area contributed by atoms with Crippen molar-refractivity contribution in [2.45, 2.75) is 19.4 Å². The summed E-state index contributed by atoms with van der Waals surface area (Å²) in [5.41, 5.74) is 4.44. The maximum atomic E-state index is 12.9. The van der Waals surface area contributed by atoms with Gasteiger partial charge in [-0.15, -0.1) is 11.3 Å². The van der Waals surface area contributed by atoms with E-state index in [0.29, 0.717) is 28.5 Å². The van der Waals surface area contributed by atoms with Crippen molar-refractivity contribution >= 4 is 55.3 Å². The third kappa shape index (κ3) is 5.22. The molecule has 2 heterocycles. The Hall–Kier alpha value is -3.82. The monoisotopic (exact) mass is 560 g/mol. The number of carbonyl (C=O) groups is 2. The van der Waals surface area contributed by atoms with E-state index in [4.69, 9.17) is 4.74 Å². The van der Waals surface area contributed by atoms with Crippen LogP contribution in [0.3, 0.4) is 0 Å². The number of ether oxygens (including phenoxy) is 1. The Morgan fingerprint density at radius 3 is 2.56 bits per heavy atom. The highest BCUT2D eigenvalue weighted by Gasteiger charge is 2.23. The van der Waals surface area contributed by atoms with E-state index in [1.165, 1.54) is 11.3 Å². The summed E-state index contributed by atoms with van der Waals surface area (Å²) in [5.74, 6) is -0.283. The van der Waals surface area contributed by atoms with Crippen LogP contribution in [0.4, 0.5) is 5.13 Å². The van der Waals surface area contributed by atoms with E-state index in [0.717, 1.165) is 26.8 Å². The molecular formula is C27H21BrN4O3S. The molecule has 3 aromatic carbocycles. The summed E-state index contributed by atoms with van der Waals surface area (Å²) in [7, 11) is 0. The molecule has 2 N–H and O–H groups in total. The van der Waals surface area contributed by atoms with Crippen LogP contribution >= 0.6 is 27.3 Å². The van der Waals surface area contributed by atoms with Crippen molar-refractivity contribution in [3.05, 3.63) is 88.2 Å². The fourth-order valence-electron chi connectivity index (χ4n) is 3.66. The van der Waals surface area contributed by atoms with Crippen molar-refractivity contribution in [2.24, 2.45) is 0 Å². The van der Waals surface area contributed by atoms with Crippen LogP contribution in [0.2, 0.25) is 0 Å². The molecule has 1 amide bonds. The van der Waals surface area contributed by atoms with Gasteiger partial charge in [-0.2, -0.15) is 0 Å². The number of rotatable bonds is 7. The summed E-state index contributed by atoms with van der Waals surface area (Å²) >= 11 is 4.73. The lowest BCUT2D eigenvalue weighted by Gasteiger charge is -2.15. The molecule has 1 unspecified atom stereocenters. The third-order valence-corrected chi connectivity index (χ3v) is 6.84. The zero-order chi connectivity index (χ0) is 25.1. The molecule has 1 atom stereocenters. The number of nitrogens with zero attached hydrogens (tertiary/aromatic N) is 2. The number of halogens is 1. The summed E-state index contributed by atoms with van der Waals surface area (Å²) in [6.45, 7) is 1.79. The van der Waals surface area contributed by atoms with E-state index in [1.54, 1.807) is 25.1 Å². The second-order valence-electron chi connectivity index (χ2n) is 8.02. The molecule has 5 aromatic rings. The van der Waals surface area contributed by atoms with Gasteiger partial charge in [-0.25, -0.2) is 14.8 Å². The first-order valence-corrected chi connectivity index (χ1v) is 13.0. The maximum absolute atomic E-state index is 12.9. The van der Waals surface area contributed by atoms with Crippen LogP contribution in [-0.2, 0) is 9.53 Å². The third-order valence-electron chi connectivity index (χ3n) is 5.55. The second kappa shape index (κ2) is 10.4. The average Bonchev–Trinajstić information content (AvgIpc) is 3.54. The Bertz CT molecular complexity index is 1530. The van der Waals surface area contributed by atoms with E-state index < -0.39 is 18.0 Å². The first kappa shape index (κ1) is 23.9. The number of benzene rings is 3. The molecule has 36 heavy (non-hydrogen) atoms. The summed E-state index contributed by atoms with van der Waals surface area (Å²) < 4.78 is 6.53. The number of amides is 1. The molecule has 0 saturated heterocycles. The van der Waals surface area contributed by atoms with Gasteiger partial charge in [0.1, 0.15) is 5.82 Å². The Morgan fingerprint density at radius 2 is 1.81 bits per heavy atom. The first-order valence-electron chi connectivity index (χ1n) is 11.3.